The number of alkyl halides is 6. The van der Waals surface area contributed by atoms with Gasteiger partial charge in [-0.25, -0.2) is 14.0 Å². The number of carbonyl (C=O) groups is 2. The van der Waals surface area contributed by atoms with Crippen molar-refractivity contribution in [2.45, 2.75) is 38.7 Å². The lowest BCUT2D eigenvalue weighted by atomic mass is 9.80. The van der Waals surface area contributed by atoms with Crippen LogP contribution in [-0.4, -0.2) is 90.2 Å². The van der Waals surface area contributed by atoms with Crippen LogP contribution in [0.1, 0.15) is 25.3 Å². The van der Waals surface area contributed by atoms with Crippen molar-refractivity contribution >= 4 is 11.9 Å². The van der Waals surface area contributed by atoms with E-state index in [1.54, 1.807) is 12.1 Å². The van der Waals surface area contributed by atoms with Crippen LogP contribution in [0.2, 0.25) is 0 Å². The van der Waals surface area contributed by atoms with E-state index in [4.69, 9.17) is 24.5 Å². The predicted octanol–water partition coefficient (Wildman–Crippen LogP) is 4.03. The van der Waals surface area contributed by atoms with E-state index in [0.29, 0.717) is 0 Å². The summed E-state index contributed by atoms with van der Waals surface area (Å²) in [7, 11) is 0. The molecule has 36 heavy (non-hydrogen) atoms. The van der Waals surface area contributed by atoms with Gasteiger partial charge in [0.15, 0.2) is 0 Å². The monoisotopic (exact) mass is 534 g/mol. The van der Waals surface area contributed by atoms with Crippen molar-refractivity contribution in [2.24, 2.45) is 5.41 Å². The Bertz CT molecular complexity index is 810. The number of likely N-dealkylation sites (tertiary alicyclic amines) is 1. The van der Waals surface area contributed by atoms with E-state index < -0.39 is 24.3 Å². The second-order valence-corrected chi connectivity index (χ2v) is 8.47. The number of carboxylic acid groups (broad SMARTS) is 2. The molecule has 2 N–H and O–H groups in total. The van der Waals surface area contributed by atoms with Crippen molar-refractivity contribution in [3.63, 3.8) is 0 Å². The highest BCUT2D eigenvalue weighted by atomic mass is 19.4. The number of nitrogens with zero attached hydrogens (tertiary/aromatic N) is 2. The van der Waals surface area contributed by atoms with E-state index in [0.717, 1.165) is 52.5 Å². The van der Waals surface area contributed by atoms with Crippen molar-refractivity contribution in [1.29, 1.82) is 0 Å². The van der Waals surface area contributed by atoms with Gasteiger partial charge in [0.25, 0.3) is 0 Å². The zero-order chi connectivity index (χ0) is 27.6. The van der Waals surface area contributed by atoms with Gasteiger partial charge in [0.05, 0.1) is 13.2 Å². The van der Waals surface area contributed by atoms with E-state index in [1.165, 1.54) is 18.4 Å². The lowest BCUT2D eigenvalue weighted by molar-refractivity contribution is -0.193. The van der Waals surface area contributed by atoms with Gasteiger partial charge in [-0.2, -0.15) is 26.3 Å². The molecule has 2 aliphatic heterocycles. The van der Waals surface area contributed by atoms with E-state index in [1.807, 2.05) is 12.1 Å². The topological polar surface area (TPSA) is 90.3 Å². The zero-order valence-electron chi connectivity index (χ0n) is 19.5. The first-order valence-corrected chi connectivity index (χ1v) is 10.9. The molecule has 3 rings (SSSR count). The van der Waals surface area contributed by atoms with Gasteiger partial charge in [-0.05, 0) is 43.6 Å². The summed E-state index contributed by atoms with van der Waals surface area (Å²) in [5, 5.41) is 14.2. The number of carboxylic acids is 2. The number of rotatable bonds is 3. The first kappa shape index (κ1) is 31.6. The first-order valence-electron chi connectivity index (χ1n) is 10.9. The number of halogens is 7. The molecule has 0 saturated carbocycles. The lowest BCUT2D eigenvalue weighted by Crippen LogP contribution is -2.50. The summed E-state index contributed by atoms with van der Waals surface area (Å²) in [5.74, 6) is -5.67. The smallest absolute Gasteiger partial charge is 0.475 e. The highest BCUT2D eigenvalue weighted by Crippen LogP contribution is 2.33. The average Bonchev–Trinajstić information content (AvgIpc) is 2.97. The van der Waals surface area contributed by atoms with Crippen LogP contribution >= 0.6 is 0 Å². The average molecular weight is 534 g/mol. The van der Waals surface area contributed by atoms with Gasteiger partial charge < -0.3 is 19.8 Å². The Hall–Kier alpha value is -2.45. The third kappa shape index (κ3) is 11.5. The van der Waals surface area contributed by atoms with Crippen LogP contribution in [-0.2, 0) is 20.9 Å². The van der Waals surface area contributed by atoms with Crippen molar-refractivity contribution in [3.05, 3.63) is 35.6 Å². The third-order valence-corrected chi connectivity index (χ3v) is 5.51. The Morgan fingerprint density at radius 3 is 1.92 bits per heavy atom. The minimum Gasteiger partial charge on any atom is -0.475 e. The van der Waals surface area contributed by atoms with Gasteiger partial charge in [-0.3, -0.25) is 4.90 Å². The molecule has 0 aromatic heterocycles. The van der Waals surface area contributed by atoms with Crippen molar-refractivity contribution < 1.29 is 55.3 Å². The van der Waals surface area contributed by atoms with E-state index in [-0.39, 0.29) is 11.2 Å². The fourth-order valence-electron chi connectivity index (χ4n) is 3.89. The summed E-state index contributed by atoms with van der Waals surface area (Å²) in [4.78, 5) is 22.8. The summed E-state index contributed by atoms with van der Waals surface area (Å²) in [5.41, 5.74) is 1.46. The minimum absolute atomic E-state index is 0.158. The van der Waals surface area contributed by atoms with Crippen LogP contribution in [0, 0.1) is 11.2 Å². The molecular formula is C22H29F7N2O5. The number of piperidine rings is 1. The number of benzene rings is 1. The van der Waals surface area contributed by atoms with Gasteiger partial charge >= 0.3 is 24.3 Å². The van der Waals surface area contributed by atoms with Crippen LogP contribution in [0.5, 0.6) is 0 Å². The molecule has 1 aromatic carbocycles. The van der Waals surface area contributed by atoms with Crippen LogP contribution in [0.25, 0.3) is 0 Å². The second kappa shape index (κ2) is 13.7. The fourth-order valence-corrected chi connectivity index (χ4v) is 3.89. The molecule has 1 aromatic rings. The highest BCUT2D eigenvalue weighted by molar-refractivity contribution is 5.73. The standard InChI is InChI=1S/C18H27FN2O.2C2HF3O2/c1-2-20-10-11-22-15-18(13-20)8-3-9-21(14-18)12-16-4-6-17(19)7-5-16;2*3-2(4,5)1(6)7/h4-7H,2-3,8-15H2,1H3;2*(H,6,7). The molecule has 7 nitrogen and oxygen atoms in total. The predicted molar refractivity (Wildman–Crippen MR) is 114 cm³/mol. The van der Waals surface area contributed by atoms with Crippen LogP contribution in [0.4, 0.5) is 30.7 Å². The molecule has 1 unspecified atom stereocenters. The molecule has 0 amide bonds. The third-order valence-electron chi connectivity index (χ3n) is 5.51. The lowest BCUT2D eigenvalue weighted by Gasteiger charge is -2.43. The molecule has 0 aliphatic carbocycles. The SMILES string of the molecule is CCN1CCOCC2(CCCN(Cc3ccc(F)cc3)C2)C1.O=C(O)C(F)(F)F.O=C(O)C(F)(F)F. The first-order chi connectivity index (χ1) is 16.6. The van der Waals surface area contributed by atoms with Crippen molar-refractivity contribution in [2.75, 3.05) is 45.9 Å². The normalized spacial score (nSPS) is 21.4. The van der Waals surface area contributed by atoms with E-state index >= 15 is 0 Å². The Morgan fingerprint density at radius 2 is 1.44 bits per heavy atom. The van der Waals surface area contributed by atoms with Gasteiger partial charge in [-0.1, -0.05) is 19.1 Å². The summed E-state index contributed by atoms with van der Waals surface area (Å²) < 4.78 is 82.4. The summed E-state index contributed by atoms with van der Waals surface area (Å²) in [6, 6.07) is 6.92. The molecular weight excluding hydrogens is 505 g/mol. The zero-order valence-corrected chi connectivity index (χ0v) is 19.5. The molecule has 2 saturated heterocycles. The molecule has 0 bridgehead atoms. The second-order valence-electron chi connectivity index (χ2n) is 8.47. The van der Waals surface area contributed by atoms with Gasteiger partial charge in [0.2, 0.25) is 0 Å². The quantitative estimate of drug-likeness (QED) is 0.566. The molecule has 2 fully saturated rings. The number of hydrogen-bond donors (Lipinski definition) is 2. The molecule has 1 atom stereocenters. The van der Waals surface area contributed by atoms with E-state index in [9.17, 15) is 30.7 Å². The van der Waals surface area contributed by atoms with Crippen LogP contribution < -0.4 is 0 Å². The number of aliphatic carboxylic acids is 2. The number of likely N-dealkylation sites (N-methyl/N-ethyl adjacent to an activating group) is 1. The Morgan fingerprint density at radius 1 is 0.944 bits per heavy atom. The largest absolute Gasteiger partial charge is 0.490 e. The number of hydrogen-bond acceptors (Lipinski definition) is 5. The van der Waals surface area contributed by atoms with E-state index in [2.05, 4.69) is 16.7 Å². The fraction of sp³-hybridized carbons (Fsp3) is 0.636. The Balaban J connectivity index is 0.000000383. The molecule has 2 aliphatic rings. The highest BCUT2D eigenvalue weighted by Gasteiger charge is 2.39. The molecule has 14 heteroatoms. The molecule has 0 radical (unpaired) electrons. The van der Waals surface area contributed by atoms with Crippen LogP contribution in [0.15, 0.2) is 24.3 Å². The summed E-state index contributed by atoms with van der Waals surface area (Å²) in [6.07, 6.45) is -7.69. The maximum Gasteiger partial charge on any atom is 0.490 e. The molecule has 2 heterocycles. The van der Waals surface area contributed by atoms with Gasteiger partial charge in [0, 0.05) is 31.6 Å². The maximum absolute atomic E-state index is 13.0. The minimum atomic E-state index is -5.08. The van der Waals surface area contributed by atoms with Crippen LogP contribution in [0.3, 0.4) is 0 Å². The Labute approximate surface area is 203 Å². The van der Waals surface area contributed by atoms with Gasteiger partial charge in [-0.15, -0.1) is 0 Å². The number of ether oxygens (including phenoxy) is 1. The maximum atomic E-state index is 13.0. The van der Waals surface area contributed by atoms with Crippen molar-refractivity contribution in [3.8, 4) is 0 Å². The molecule has 206 valence electrons. The van der Waals surface area contributed by atoms with Gasteiger partial charge in [0.1, 0.15) is 5.82 Å². The summed E-state index contributed by atoms with van der Waals surface area (Å²) >= 11 is 0. The molecule has 1 spiro atoms. The summed E-state index contributed by atoms with van der Waals surface area (Å²) in [6.45, 7) is 10.4. The Kier molecular flexibility index (Phi) is 12.1. The van der Waals surface area contributed by atoms with Crippen molar-refractivity contribution in [1.82, 2.24) is 9.80 Å².